The molecule has 0 spiro atoms. The van der Waals surface area contributed by atoms with Crippen LogP contribution in [0.2, 0.25) is 0 Å². The molecule has 20 heavy (non-hydrogen) atoms. The van der Waals surface area contributed by atoms with Crippen LogP contribution in [0.3, 0.4) is 0 Å². The number of rotatable bonds is 5. The fourth-order valence-corrected chi connectivity index (χ4v) is 2.64. The van der Waals surface area contributed by atoms with Gasteiger partial charge in [0, 0.05) is 19.6 Å². The molecule has 0 amide bonds. The van der Waals surface area contributed by atoms with Gasteiger partial charge in [-0.15, -0.1) is 0 Å². The maximum absolute atomic E-state index is 3.85. The van der Waals surface area contributed by atoms with Crippen LogP contribution in [0.25, 0.3) is 0 Å². The quantitative estimate of drug-likeness (QED) is 0.868. The van der Waals surface area contributed by atoms with Gasteiger partial charge in [-0.3, -0.25) is 0 Å². The summed E-state index contributed by atoms with van der Waals surface area (Å²) in [5.41, 5.74) is 2.91. The maximum atomic E-state index is 3.85. The first-order chi connectivity index (χ1) is 9.83. The van der Waals surface area contributed by atoms with Crippen LogP contribution in [0.15, 0.2) is 37.0 Å². The lowest BCUT2D eigenvalue weighted by atomic mass is 9.89. The van der Waals surface area contributed by atoms with Crippen molar-refractivity contribution in [2.45, 2.75) is 46.1 Å². The second-order valence-corrected chi connectivity index (χ2v) is 5.02. The van der Waals surface area contributed by atoms with Gasteiger partial charge in [0.15, 0.2) is 0 Å². The molecule has 1 aliphatic rings. The molecule has 1 fully saturated rings. The first kappa shape index (κ1) is 16.8. The van der Waals surface area contributed by atoms with Gasteiger partial charge in [-0.2, -0.15) is 0 Å². The monoisotopic (exact) mass is 274 g/mol. The van der Waals surface area contributed by atoms with Gasteiger partial charge in [-0.05, 0) is 42.6 Å². The molecule has 1 heterocycles. The van der Waals surface area contributed by atoms with Gasteiger partial charge in [0.25, 0.3) is 0 Å². The zero-order valence-corrected chi connectivity index (χ0v) is 13.4. The predicted octanol–water partition coefficient (Wildman–Crippen LogP) is 4.15. The molecule has 1 aromatic rings. The van der Waals surface area contributed by atoms with Gasteiger partial charge in [-0.1, -0.05) is 51.6 Å². The molecule has 0 radical (unpaired) electrons. The normalized spacial score (nSPS) is 15.4. The minimum atomic E-state index is 0.725. The van der Waals surface area contributed by atoms with Crippen LogP contribution in [0.1, 0.15) is 50.7 Å². The summed E-state index contributed by atoms with van der Waals surface area (Å²) in [6, 6.07) is 9.06. The van der Waals surface area contributed by atoms with Crippen LogP contribution in [0.4, 0.5) is 0 Å². The fraction of sp³-hybridized carbons (Fsp3) is 0.556. The highest BCUT2D eigenvalue weighted by atomic mass is 15.1. The van der Waals surface area contributed by atoms with Crippen LogP contribution in [-0.2, 0) is 6.54 Å². The van der Waals surface area contributed by atoms with Crippen molar-refractivity contribution in [2.24, 2.45) is 0 Å². The summed E-state index contributed by atoms with van der Waals surface area (Å²) in [5, 5.41) is 3.39. The number of nitrogens with one attached hydrogen (secondary N) is 1. The lowest BCUT2D eigenvalue weighted by Gasteiger charge is -2.31. The summed E-state index contributed by atoms with van der Waals surface area (Å²) in [7, 11) is 0. The summed E-state index contributed by atoms with van der Waals surface area (Å²) < 4.78 is 0. The van der Waals surface area contributed by atoms with Crippen molar-refractivity contribution in [3.63, 3.8) is 0 Å². The molecule has 0 atom stereocenters. The smallest absolute Gasteiger partial charge is 0.0205 e. The van der Waals surface area contributed by atoms with Gasteiger partial charge in [0.2, 0.25) is 0 Å². The van der Waals surface area contributed by atoms with Gasteiger partial charge in [-0.25, -0.2) is 0 Å². The van der Waals surface area contributed by atoms with E-state index in [0.29, 0.717) is 0 Å². The van der Waals surface area contributed by atoms with Crippen molar-refractivity contribution < 1.29 is 0 Å². The molecule has 2 rings (SSSR count). The number of piperidine rings is 1. The second-order valence-electron chi connectivity index (χ2n) is 5.02. The molecule has 1 aromatic carbocycles. The van der Waals surface area contributed by atoms with Crippen molar-refractivity contribution in [3.05, 3.63) is 48.2 Å². The van der Waals surface area contributed by atoms with Crippen molar-refractivity contribution in [3.8, 4) is 0 Å². The van der Waals surface area contributed by atoms with E-state index >= 15 is 0 Å². The van der Waals surface area contributed by atoms with Crippen molar-refractivity contribution in [2.75, 3.05) is 19.6 Å². The minimum Gasteiger partial charge on any atom is -0.378 e. The maximum Gasteiger partial charge on any atom is 0.0205 e. The molecule has 2 heteroatoms. The number of hydrogen-bond donors (Lipinski definition) is 1. The Kier molecular flexibility index (Phi) is 8.05. The van der Waals surface area contributed by atoms with E-state index in [1.807, 2.05) is 20.0 Å². The van der Waals surface area contributed by atoms with Crippen molar-refractivity contribution in [1.82, 2.24) is 10.2 Å². The van der Waals surface area contributed by atoms with E-state index in [1.165, 1.54) is 24.0 Å². The Balaban J connectivity index is 0.000000956. The third-order valence-electron chi connectivity index (χ3n) is 3.79. The number of nitrogens with zero attached hydrogens (tertiary/aromatic N) is 1. The molecule has 0 unspecified atom stereocenters. The lowest BCUT2D eigenvalue weighted by molar-refractivity contribution is 0.285. The summed E-state index contributed by atoms with van der Waals surface area (Å²) >= 11 is 0. The van der Waals surface area contributed by atoms with E-state index in [0.717, 1.165) is 32.1 Å². The Morgan fingerprint density at radius 2 is 2.00 bits per heavy atom. The van der Waals surface area contributed by atoms with Gasteiger partial charge < -0.3 is 10.2 Å². The second kappa shape index (κ2) is 9.60. The topological polar surface area (TPSA) is 15.3 Å². The third-order valence-corrected chi connectivity index (χ3v) is 3.79. The van der Waals surface area contributed by atoms with Crippen LogP contribution in [-0.4, -0.2) is 24.5 Å². The highest BCUT2D eigenvalue weighted by Crippen LogP contribution is 2.28. The summed E-state index contributed by atoms with van der Waals surface area (Å²) in [4.78, 5) is 2.32. The lowest BCUT2D eigenvalue weighted by Crippen LogP contribution is -2.28. The van der Waals surface area contributed by atoms with Crippen LogP contribution < -0.4 is 5.32 Å². The standard InChI is InChI=1S/C16H24N2.C2H6/c1-3-17-13-14-6-5-7-16(12-14)15-8-10-18(4-2)11-9-15;1-2/h4-7,12,15,17H,2-3,8-11,13H2,1H3;1-2H3. The fourth-order valence-electron chi connectivity index (χ4n) is 2.64. The van der Waals surface area contributed by atoms with Gasteiger partial charge in [0.05, 0.1) is 0 Å². The Labute approximate surface area is 124 Å². The summed E-state index contributed by atoms with van der Waals surface area (Å²) in [6.07, 6.45) is 4.46. The van der Waals surface area contributed by atoms with E-state index in [9.17, 15) is 0 Å². The Morgan fingerprint density at radius 1 is 1.30 bits per heavy atom. The van der Waals surface area contributed by atoms with Gasteiger partial charge >= 0.3 is 0 Å². The molecule has 0 aliphatic carbocycles. The summed E-state index contributed by atoms with van der Waals surface area (Å²) in [5.74, 6) is 0.725. The average Bonchev–Trinajstić information content (AvgIpc) is 2.55. The first-order valence-electron chi connectivity index (χ1n) is 7.99. The van der Waals surface area contributed by atoms with Crippen molar-refractivity contribution in [1.29, 1.82) is 0 Å². The van der Waals surface area contributed by atoms with E-state index in [-0.39, 0.29) is 0 Å². The van der Waals surface area contributed by atoms with E-state index in [4.69, 9.17) is 0 Å². The van der Waals surface area contributed by atoms with Crippen LogP contribution in [0.5, 0.6) is 0 Å². The molecule has 112 valence electrons. The Bertz CT molecular complexity index is 379. The third kappa shape index (κ3) is 5.01. The minimum absolute atomic E-state index is 0.725. The zero-order chi connectivity index (χ0) is 14.8. The molecular formula is C18H30N2. The molecule has 1 aliphatic heterocycles. The Hall–Kier alpha value is -1.28. The van der Waals surface area contributed by atoms with E-state index in [2.05, 4.69) is 48.0 Å². The molecular weight excluding hydrogens is 244 g/mol. The number of likely N-dealkylation sites (tertiary alicyclic amines) is 1. The van der Waals surface area contributed by atoms with Gasteiger partial charge in [0.1, 0.15) is 0 Å². The molecule has 1 N–H and O–H groups in total. The molecule has 0 bridgehead atoms. The number of benzene rings is 1. The molecule has 0 aromatic heterocycles. The molecule has 2 nitrogen and oxygen atoms in total. The van der Waals surface area contributed by atoms with E-state index in [1.54, 1.807) is 0 Å². The van der Waals surface area contributed by atoms with Crippen molar-refractivity contribution >= 4 is 0 Å². The zero-order valence-electron chi connectivity index (χ0n) is 13.4. The molecule has 1 saturated heterocycles. The highest BCUT2D eigenvalue weighted by molar-refractivity contribution is 5.27. The largest absolute Gasteiger partial charge is 0.378 e. The highest BCUT2D eigenvalue weighted by Gasteiger charge is 2.18. The predicted molar refractivity (Wildman–Crippen MR) is 88.9 cm³/mol. The first-order valence-corrected chi connectivity index (χ1v) is 7.99. The van der Waals surface area contributed by atoms with Crippen LogP contribution >= 0.6 is 0 Å². The summed E-state index contributed by atoms with van der Waals surface area (Å²) in [6.45, 7) is 14.3. The van der Waals surface area contributed by atoms with E-state index < -0.39 is 0 Å². The average molecular weight is 274 g/mol. The SMILES string of the molecule is C=CN1CCC(c2cccc(CNCC)c2)CC1.CC. The number of hydrogen-bond acceptors (Lipinski definition) is 2. The van der Waals surface area contributed by atoms with Crippen LogP contribution in [0, 0.1) is 0 Å². The Morgan fingerprint density at radius 3 is 2.60 bits per heavy atom. The molecule has 0 saturated carbocycles.